The minimum absolute atomic E-state index is 0.145. The van der Waals surface area contributed by atoms with E-state index in [1.807, 2.05) is 19.1 Å². The molecule has 0 aromatic heterocycles. The van der Waals surface area contributed by atoms with Crippen LogP contribution in [0.3, 0.4) is 0 Å². The first kappa shape index (κ1) is 19.3. The summed E-state index contributed by atoms with van der Waals surface area (Å²) in [5, 5.41) is 0. The highest BCUT2D eigenvalue weighted by Crippen LogP contribution is 2.41. The van der Waals surface area contributed by atoms with E-state index in [0.29, 0.717) is 40.7 Å². The van der Waals surface area contributed by atoms with Crippen LogP contribution in [0.1, 0.15) is 18.1 Å². The number of rotatable bonds is 7. The number of hydrogen-bond acceptors (Lipinski definition) is 7. The molecule has 1 heterocycles. The van der Waals surface area contributed by atoms with E-state index in [0.717, 1.165) is 0 Å². The highest BCUT2D eigenvalue weighted by atomic mass is 16.6. The van der Waals surface area contributed by atoms with Crippen molar-refractivity contribution in [3.05, 3.63) is 53.2 Å². The van der Waals surface area contributed by atoms with E-state index in [-0.39, 0.29) is 11.6 Å². The van der Waals surface area contributed by atoms with E-state index in [9.17, 15) is 4.79 Å². The molecule has 0 bridgehead atoms. The highest BCUT2D eigenvalue weighted by Gasteiger charge is 2.27. The van der Waals surface area contributed by atoms with Gasteiger partial charge in [0.2, 0.25) is 11.6 Å². The van der Waals surface area contributed by atoms with Crippen LogP contribution in [-0.2, 0) is 9.53 Å². The lowest BCUT2D eigenvalue weighted by atomic mass is 10.1. The monoisotopic (exact) mass is 383 g/mol. The molecule has 0 aliphatic carbocycles. The Balaban J connectivity index is 2.03. The third-order valence-electron chi connectivity index (χ3n) is 4.06. The molecule has 0 amide bonds. The fraction of sp³-hybridized carbons (Fsp3) is 0.238. The van der Waals surface area contributed by atoms with Crippen molar-refractivity contribution >= 4 is 17.9 Å². The minimum Gasteiger partial charge on any atom is -0.493 e. The van der Waals surface area contributed by atoms with E-state index in [1.165, 1.54) is 21.3 Å². The maximum atomic E-state index is 12.4. The number of carbonyl (C=O) groups excluding carboxylic acids is 1. The zero-order chi connectivity index (χ0) is 20.1. The standard InChI is InChI=1S/C21H21NO6/c1-5-27-16-9-7-6-8-14(16)20-22-15(21(23)28-20)12-13-10-11-17(24-2)19(26-4)18(13)25-3/h6-12H,5H2,1-4H3/b15-12+. The Kier molecular flexibility index (Phi) is 5.84. The van der Waals surface area contributed by atoms with Gasteiger partial charge in [0.25, 0.3) is 0 Å². The summed E-state index contributed by atoms with van der Waals surface area (Å²) in [7, 11) is 4.57. The van der Waals surface area contributed by atoms with Crippen molar-refractivity contribution in [3.63, 3.8) is 0 Å². The molecular formula is C21H21NO6. The summed E-state index contributed by atoms with van der Waals surface area (Å²) in [5.74, 6) is 1.61. The van der Waals surface area contributed by atoms with Crippen LogP contribution in [0.25, 0.3) is 6.08 Å². The Labute approximate surface area is 163 Å². The first-order valence-corrected chi connectivity index (χ1v) is 8.66. The Morgan fingerprint density at radius 1 is 0.964 bits per heavy atom. The number of nitrogens with zero attached hydrogens (tertiary/aromatic N) is 1. The second kappa shape index (κ2) is 8.47. The number of cyclic esters (lactones) is 1. The van der Waals surface area contributed by atoms with Crippen LogP contribution in [0.2, 0.25) is 0 Å². The van der Waals surface area contributed by atoms with Gasteiger partial charge in [-0.15, -0.1) is 0 Å². The third kappa shape index (κ3) is 3.64. The number of aliphatic imine (C=N–C) groups is 1. The maximum absolute atomic E-state index is 12.4. The molecule has 2 aromatic rings. The van der Waals surface area contributed by atoms with Gasteiger partial charge in [0.15, 0.2) is 17.2 Å². The molecule has 0 fully saturated rings. The molecule has 3 rings (SSSR count). The molecule has 2 aromatic carbocycles. The molecule has 1 aliphatic heterocycles. The summed E-state index contributed by atoms with van der Waals surface area (Å²) in [6.07, 6.45) is 1.58. The first-order valence-electron chi connectivity index (χ1n) is 8.66. The van der Waals surface area contributed by atoms with Gasteiger partial charge in [0, 0.05) is 5.56 Å². The summed E-state index contributed by atoms with van der Waals surface area (Å²) in [6.45, 7) is 2.37. The maximum Gasteiger partial charge on any atom is 0.363 e. The summed E-state index contributed by atoms with van der Waals surface area (Å²) in [4.78, 5) is 16.7. The molecule has 0 radical (unpaired) electrons. The molecule has 7 nitrogen and oxygen atoms in total. The Hall–Kier alpha value is -3.48. The molecule has 0 N–H and O–H groups in total. The largest absolute Gasteiger partial charge is 0.493 e. The molecule has 0 atom stereocenters. The van der Waals surface area contributed by atoms with Crippen molar-refractivity contribution in [2.45, 2.75) is 6.92 Å². The fourth-order valence-electron chi connectivity index (χ4n) is 2.83. The molecule has 0 unspecified atom stereocenters. The SMILES string of the molecule is CCOc1ccccc1C1=N/C(=C/c2ccc(OC)c(OC)c2OC)C(=O)O1. The first-order chi connectivity index (χ1) is 13.6. The van der Waals surface area contributed by atoms with Crippen LogP contribution in [0, 0.1) is 0 Å². The van der Waals surface area contributed by atoms with E-state index in [2.05, 4.69) is 4.99 Å². The Morgan fingerprint density at radius 3 is 2.39 bits per heavy atom. The smallest absolute Gasteiger partial charge is 0.363 e. The number of esters is 1. The van der Waals surface area contributed by atoms with E-state index in [4.69, 9.17) is 23.7 Å². The van der Waals surface area contributed by atoms with Crippen molar-refractivity contribution in [1.82, 2.24) is 0 Å². The molecule has 1 aliphatic rings. The van der Waals surface area contributed by atoms with Gasteiger partial charge in [-0.3, -0.25) is 0 Å². The van der Waals surface area contributed by atoms with Gasteiger partial charge in [-0.1, -0.05) is 12.1 Å². The molecule has 0 saturated heterocycles. The second-order valence-electron chi connectivity index (χ2n) is 5.69. The van der Waals surface area contributed by atoms with Gasteiger partial charge in [-0.05, 0) is 37.3 Å². The average Bonchev–Trinajstić information content (AvgIpc) is 3.08. The zero-order valence-electron chi connectivity index (χ0n) is 16.1. The van der Waals surface area contributed by atoms with Crippen molar-refractivity contribution in [2.24, 2.45) is 4.99 Å². The average molecular weight is 383 g/mol. The topological polar surface area (TPSA) is 75.6 Å². The van der Waals surface area contributed by atoms with Gasteiger partial charge in [-0.25, -0.2) is 9.79 Å². The molecule has 0 saturated carbocycles. The van der Waals surface area contributed by atoms with Crippen LogP contribution in [-0.4, -0.2) is 39.8 Å². The van der Waals surface area contributed by atoms with E-state index in [1.54, 1.807) is 30.3 Å². The molecular weight excluding hydrogens is 362 g/mol. The van der Waals surface area contributed by atoms with Crippen LogP contribution in [0.15, 0.2) is 47.1 Å². The predicted molar refractivity (Wildman–Crippen MR) is 104 cm³/mol. The fourth-order valence-corrected chi connectivity index (χ4v) is 2.83. The number of para-hydroxylation sites is 1. The van der Waals surface area contributed by atoms with E-state index >= 15 is 0 Å². The number of methoxy groups -OCH3 is 3. The second-order valence-corrected chi connectivity index (χ2v) is 5.69. The van der Waals surface area contributed by atoms with Crippen molar-refractivity contribution in [2.75, 3.05) is 27.9 Å². The van der Waals surface area contributed by atoms with Gasteiger partial charge in [0.1, 0.15) is 5.75 Å². The summed E-state index contributed by atoms with van der Waals surface area (Å²) in [6, 6.07) is 10.7. The summed E-state index contributed by atoms with van der Waals surface area (Å²) in [5.41, 5.74) is 1.36. The van der Waals surface area contributed by atoms with Crippen LogP contribution < -0.4 is 18.9 Å². The van der Waals surface area contributed by atoms with Gasteiger partial charge >= 0.3 is 5.97 Å². The lowest BCUT2D eigenvalue weighted by Crippen LogP contribution is -2.07. The number of hydrogen-bond donors (Lipinski definition) is 0. The van der Waals surface area contributed by atoms with Gasteiger partial charge in [-0.2, -0.15) is 0 Å². The lowest BCUT2D eigenvalue weighted by Gasteiger charge is -2.14. The number of ether oxygens (including phenoxy) is 5. The van der Waals surface area contributed by atoms with Crippen LogP contribution in [0.5, 0.6) is 23.0 Å². The van der Waals surface area contributed by atoms with Gasteiger partial charge in [0.05, 0.1) is 33.5 Å². The van der Waals surface area contributed by atoms with Crippen molar-refractivity contribution in [3.8, 4) is 23.0 Å². The number of carbonyl (C=O) groups is 1. The lowest BCUT2D eigenvalue weighted by molar-refractivity contribution is -0.129. The van der Waals surface area contributed by atoms with Crippen molar-refractivity contribution in [1.29, 1.82) is 0 Å². The Morgan fingerprint density at radius 2 is 1.71 bits per heavy atom. The molecule has 146 valence electrons. The van der Waals surface area contributed by atoms with Gasteiger partial charge < -0.3 is 23.7 Å². The van der Waals surface area contributed by atoms with Crippen LogP contribution in [0.4, 0.5) is 0 Å². The zero-order valence-corrected chi connectivity index (χ0v) is 16.1. The molecule has 28 heavy (non-hydrogen) atoms. The molecule has 0 spiro atoms. The van der Waals surface area contributed by atoms with E-state index < -0.39 is 5.97 Å². The normalized spacial score (nSPS) is 14.5. The highest BCUT2D eigenvalue weighted by molar-refractivity contribution is 6.13. The number of benzene rings is 2. The van der Waals surface area contributed by atoms with Crippen LogP contribution >= 0.6 is 0 Å². The summed E-state index contributed by atoms with van der Waals surface area (Å²) < 4.78 is 27.0. The Bertz CT molecular complexity index is 948. The summed E-state index contributed by atoms with van der Waals surface area (Å²) >= 11 is 0. The minimum atomic E-state index is -0.557. The predicted octanol–water partition coefficient (Wildman–Crippen LogP) is 3.46. The quantitative estimate of drug-likeness (QED) is 0.538. The molecule has 7 heteroatoms. The third-order valence-corrected chi connectivity index (χ3v) is 4.06. The van der Waals surface area contributed by atoms with Crippen molar-refractivity contribution < 1.29 is 28.5 Å².